The van der Waals surface area contributed by atoms with Crippen molar-refractivity contribution >= 4 is 28.3 Å². The molecule has 0 spiro atoms. The summed E-state index contributed by atoms with van der Waals surface area (Å²) in [5.41, 5.74) is 2.40. The van der Waals surface area contributed by atoms with Crippen LogP contribution in [0.1, 0.15) is 28.8 Å². The molecule has 2 heterocycles. The molecule has 0 aliphatic carbocycles. The number of likely N-dealkylation sites (tertiary alicyclic amines) is 1. The van der Waals surface area contributed by atoms with Crippen LogP contribution in [-0.2, 0) is 4.79 Å². The summed E-state index contributed by atoms with van der Waals surface area (Å²) in [5.74, 6) is 0.382. The number of amides is 2. The van der Waals surface area contributed by atoms with E-state index in [1.807, 2.05) is 49.4 Å². The van der Waals surface area contributed by atoms with Gasteiger partial charge in [0.1, 0.15) is 16.8 Å². The molecule has 1 aliphatic heterocycles. The Kier molecular flexibility index (Phi) is 5.76. The van der Waals surface area contributed by atoms with Crippen molar-refractivity contribution in [1.82, 2.24) is 15.1 Å². The average Bonchev–Trinajstić information content (AvgIpc) is 3.43. The van der Waals surface area contributed by atoms with Crippen molar-refractivity contribution in [3.05, 3.63) is 59.7 Å². The van der Waals surface area contributed by atoms with Gasteiger partial charge in [-0.15, -0.1) is 10.2 Å². The number of aryl methyl sites for hydroxylation is 1. The first kappa shape index (κ1) is 20.0. The maximum atomic E-state index is 13.0. The zero-order valence-electron chi connectivity index (χ0n) is 16.8. The molecule has 1 N–H and O–H groups in total. The highest BCUT2D eigenvalue weighted by atomic mass is 32.1. The van der Waals surface area contributed by atoms with E-state index in [9.17, 15) is 9.59 Å². The number of hydrogen-bond acceptors (Lipinski definition) is 6. The topological polar surface area (TPSA) is 84.4 Å². The number of carbonyl (C=O) groups excluding carboxylic acids is 2. The summed E-state index contributed by atoms with van der Waals surface area (Å²) in [7, 11) is 1.61. The van der Waals surface area contributed by atoms with Crippen LogP contribution in [0.5, 0.6) is 5.75 Å². The van der Waals surface area contributed by atoms with Gasteiger partial charge in [-0.3, -0.25) is 14.9 Å². The number of hydrogen-bond donors (Lipinski definition) is 1. The van der Waals surface area contributed by atoms with Gasteiger partial charge in [0.05, 0.1) is 7.11 Å². The molecule has 4 rings (SSSR count). The van der Waals surface area contributed by atoms with E-state index in [0.29, 0.717) is 28.7 Å². The standard InChI is InChI=1S/C22H22N4O3S/c1-14-7-3-4-10-17(14)21(28)26-12-6-11-18(26)19(27)23-22-25-24-20(30-22)15-8-5-9-16(13-15)29-2/h3-5,7-10,13,18H,6,11-12H2,1-2H3,(H,23,25,27). The third-order valence-electron chi connectivity index (χ3n) is 5.16. The Morgan fingerprint density at radius 1 is 1.17 bits per heavy atom. The minimum absolute atomic E-state index is 0.111. The maximum absolute atomic E-state index is 13.0. The quantitative estimate of drug-likeness (QED) is 0.677. The molecule has 1 unspecified atom stereocenters. The van der Waals surface area contributed by atoms with Gasteiger partial charge < -0.3 is 9.64 Å². The maximum Gasteiger partial charge on any atom is 0.254 e. The van der Waals surface area contributed by atoms with Gasteiger partial charge in [-0.1, -0.05) is 41.7 Å². The molecule has 1 aromatic heterocycles. The van der Waals surface area contributed by atoms with Crippen molar-refractivity contribution < 1.29 is 14.3 Å². The Balaban J connectivity index is 1.48. The lowest BCUT2D eigenvalue weighted by atomic mass is 10.1. The van der Waals surface area contributed by atoms with E-state index < -0.39 is 6.04 Å². The molecular formula is C22H22N4O3S. The molecule has 1 fully saturated rings. The SMILES string of the molecule is COc1cccc(-c2nnc(NC(=O)C3CCCN3C(=O)c3ccccc3C)s2)c1. The molecule has 1 aliphatic rings. The van der Waals surface area contributed by atoms with Crippen LogP contribution in [0.2, 0.25) is 0 Å². The molecule has 30 heavy (non-hydrogen) atoms. The van der Waals surface area contributed by atoms with Gasteiger partial charge in [0.25, 0.3) is 5.91 Å². The number of anilines is 1. The highest BCUT2D eigenvalue weighted by Gasteiger charge is 2.35. The third-order valence-corrected chi connectivity index (χ3v) is 6.05. The number of rotatable bonds is 5. The lowest BCUT2D eigenvalue weighted by Crippen LogP contribution is -2.43. The smallest absolute Gasteiger partial charge is 0.254 e. The van der Waals surface area contributed by atoms with E-state index in [1.165, 1.54) is 11.3 Å². The van der Waals surface area contributed by atoms with Gasteiger partial charge in [-0.25, -0.2) is 0 Å². The van der Waals surface area contributed by atoms with Gasteiger partial charge in [0, 0.05) is 17.7 Å². The Hall–Kier alpha value is -3.26. The molecule has 0 radical (unpaired) electrons. The first-order valence-electron chi connectivity index (χ1n) is 9.72. The van der Waals surface area contributed by atoms with Crippen LogP contribution in [0.15, 0.2) is 48.5 Å². The molecule has 2 amide bonds. The molecule has 0 bridgehead atoms. The van der Waals surface area contributed by atoms with Crippen LogP contribution in [0, 0.1) is 6.92 Å². The Bertz CT molecular complexity index is 1080. The minimum atomic E-state index is -0.513. The monoisotopic (exact) mass is 422 g/mol. The highest BCUT2D eigenvalue weighted by molar-refractivity contribution is 7.18. The zero-order valence-corrected chi connectivity index (χ0v) is 17.6. The summed E-state index contributed by atoms with van der Waals surface area (Å²) < 4.78 is 5.24. The van der Waals surface area contributed by atoms with E-state index in [-0.39, 0.29) is 11.8 Å². The Labute approximate surface area is 178 Å². The number of methoxy groups -OCH3 is 1. The van der Waals surface area contributed by atoms with Gasteiger partial charge in [0.2, 0.25) is 11.0 Å². The number of benzene rings is 2. The summed E-state index contributed by atoms with van der Waals surface area (Å²) in [4.78, 5) is 27.6. The second-order valence-electron chi connectivity index (χ2n) is 7.11. The Morgan fingerprint density at radius 2 is 2.00 bits per heavy atom. The third kappa shape index (κ3) is 4.04. The molecule has 1 saturated heterocycles. The summed E-state index contributed by atoms with van der Waals surface area (Å²) in [5, 5.41) is 12.2. The van der Waals surface area contributed by atoms with Crippen molar-refractivity contribution in [1.29, 1.82) is 0 Å². The van der Waals surface area contributed by atoms with Crippen molar-refractivity contribution in [2.75, 3.05) is 19.0 Å². The van der Waals surface area contributed by atoms with E-state index in [4.69, 9.17) is 4.74 Å². The van der Waals surface area contributed by atoms with E-state index >= 15 is 0 Å². The van der Waals surface area contributed by atoms with Crippen LogP contribution in [0.4, 0.5) is 5.13 Å². The molecule has 1 atom stereocenters. The van der Waals surface area contributed by atoms with Crippen LogP contribution >= 0.6 is 11.3 Å². The van der Waals surface area contributed by atoms with Gasteiger partial charge in [0.15, 0.2) is 0 Å². The van der Waals surface area contributed by atoms with Gasteiger partial charge >= 0.3 is 0 Å². The predicted octanol–water partition coefficient (Wildman–Crippen LogP) is 3.77. The van der Waals surface area contributed by atoms with Gasteiger partial charge in [-0.2, -0.15) is 0 Å². The number of aromatic nitrogens is 2. The van der Waals surface area contributed by atoms with Crippen molar-refractivity contribution in [2.45, 2.75) is 25.8 Å². The summed E-state index contributed by atoms with van der Waals surface area (Å²) in [6.07, 6.45) is 1.42. The van der Waals surface area contributed by atoms with Crippen LogP contribution in [0.3, 0.4) is 0 Å². The van der Waals surface area contributed by atoms with Crippen molar-refractivity contribution in [3.8, 4) is 16.3 Å². The predicted molar refractivity (Wildman–Crippen MR) is 116 cm³/mol. The lowest BCUT2D eigenvalue weighted by molar-refractivity contribution is -0.119. The van der Waals surface area contributed by atoms with Crippen LogP contribution in [0.25, 0.3) is 10.6 Å². The molecule has 3 aromatic rings. The minimum Gasteiger partial charge on any atom is -0.497 e. The fourth-order valence-corrected chi connectivity index (χ4v) is 4.33. The van der Waals surface area contributed by atoms with E-state index in [0.717, 1.165) is 23.3 Å². The fraction of sp³-hybridized carbons (Fsp3) is 0.273. The van der Waals surface area contributed by atoms with Crippen LogP contribution in [-0.4, -0.2) is 46.6 Å². The van der Waals surface area contributed by atoms with Crippen molar-refractivity contribution in [3.63, 3.8) is 0 Å². The summed E-state index contributed by atoms with van der Waals surface area (Å²) >= 11 is 1.29. The number of nitrogens with zero attached hydrogens (tertiary/aromatic N) is 3. The summed E-state index contributed by atoms with van der Waals surface area (Å²) in [6, 6.07) is 14.4. The summed E-state index contributed by atoms with van der Waals surface area (Å²) in [6.45, 7) is 2.47. The average molecular weight is 423 g/mol. The number of ether oxygens (including phenoxy) is 1. The normalized spacial score (nSPS) is 15.8. The van der Waals surface area contributed by atoms with Gasteiger partial charge in [-0.05, 0) is 43.5 Å². The highest BCUT2D eigenvalue weighted by Crippen LogP contribution is 2.29. The second-order valence-corrected chi connectivity index (χ2v) is 8.08. The molecule has 154 valence electrons. The van der Waals surface area contributed by atoms with E-state index in [2.05, 4.69) is 15.5 Å². The molecule has 0 saturated carbocycles. The Morgan fingerprint density at radius 3 is 2.80 bits per heavy atom. The van der Waals surface area contributed by atoms with E-state index in [1.54, 1.807) is 18.1 Å². The fourth-order valence-electron chi connectivity index (χ4n) is 3.59. The first-order chi connectivity index (χ1) is 14.6. The molecule has 2 aromatic carbocycles. The lowest BCUT2D eigenvalue weighted by Gasteiger charge is -2.24. The number of nitrogens with one attached hydrogen (secondary N) is 1. The molecular weight excluding hydrogens is 400 g/mol. The van der Waals surface area contributed by atoms with Crippen molar-refractivity contribution in [2.24, 2.45) is 0 Å². The zero-order chi connectivity index (χ0) is 21.1. The number of carbonyl (C=O) groups is 2. The largest absolute Gasteiger partial charge is 0.497 e. The molecule has 7 nitrogen and oxygen atoms in total. The first-order valence-corrected chi connectivity index (χ1v) is 10.5. The molecule has 8 heteroatoms. The second kappa shape index (κ2) is 8.62. The van der Waals surface area contributed by atoms with Crippen LogP contribution < -0.4 is 10.1 Å².